The molecule has 0 heterocycles. The van der Waals surface area contributed by atoms with Crippen LogP contribution in [0.4, 0.5) is 4.39 Å². The summed E-state index contributed by atoms with van der Waals surface area (Å²) in [6, 6.07) is 10.1. The van der Waals surface area contributed by atoms with Gasteiger partial charge in [-0.25, -0.2) is 4.39 Å². The summed E-state index contributed by atoms with van der Waals surface area (Å²) in [6.07, 6.45) is 0. The third-order valence-electron chi connectivity index (χ3n) is 3.22. The molecule has 0 spiro atoms. The topological polar surface area (TPSA) is 17.1 Å². The normalized spacial score (nSPS) is 10.4. The second-order valence-electron chi connectivity index (χ2n) is 4.56. The van der Waals surface area contributed by atoms with E-state index < -0.39 is 5.82 Å². The summed E-state index contributed by atoms with van der Waals surface area (Å²) in [5.41, 5.74) is 3.53. The van der Waals surface area contributed by atoms with Crippen molar-refractivity contribution in [1.29, 1.82) is 0 Å². The highest BCUT2D eigenvalue weighted by Crippen LogP contribution is 2.19. The van der Waals surface area contributed by atoms with Gasteiger partial charge in [-0.05, 0) is 44.0 Å². The SMILES string of the molecule is Cc1ccc(F)c(C(=O)c2cccc(C)c2C)c1. The molecule has 2 aromatic carbocycles. The van der Waals surface area contributed by atoms with Gasteiger partial charge in [-0.15, -0.1) is 0 Å². The molecule has 0 saturated carbocycles. The summed E-state index contributed by atoms with van der Waals surface area (Å²) in [6.45, 7) is 5.67. The van der Waals surface area contributed by atoms with Crippen molar-refractivity contribution in [3.8, 4) is 0 Å². The summed E-state index contributed by atoms with van der Waals surface area (Å²) in [4.78, 5) is 12.4. The van der Waals surface area contributed by atoms with Crippen molar-refractivity contribution in [2.75, 3.05) is 0 Å². The number of ketones is 1. The molecule has 0 saturated heterocycles. The summed E-state index contributed by atoms with van der Waals surface area (Å²) in [5.74, 6) is -0.719. The van der Waals surface area contributed by atoms with Gasteiger partial charge in [0.25, 0.3) is 0 Å². The van der Waals surface area contributed by atoms with E-state index in [1.54, 1.807) is 18.2 Å². The maximum atomic E-state index is 13.7. The van der Waals surface area contributed by atoms with Crippen LogP contribution in [0, 0.1) is 26.6 Å². The Morgan fingerprint density at radius 1 is 1.00 bits per heavy atom. The maximum Gasteiger partial charge on any atom is 0.196 e. The molecule has 0 aliphatic rings. The van der Waals surface area contributed by atoms with E-state index in [1.165, 1.54) is 6.07 Å². The largest absolute Gasteiger partial charge is 0.288 e. The Kier molecular flexibility index (Phi) is 3.28. The van der Waals surface area contributed by atoms with Gasteiger partial charge in [0.2, 0.25) is 0 Å². The van der Waals surface area contributed by atoms with E-state index in [9.17, 15) is 9.18 Å². The zero-order valence-corrected chi connectivity index (χ0v) is 10.8. The Morgan fingerprint density at radius 3 is 2.44 bits per heavy atom. The molecule has 2 rings (SSSR count). The zero-order valence-electron chi connectivity index (χ0n) is 10.8. The Balaban J connectivity index is 2.55. The molecule has 0 amide bonds. The van der Waals surface area contributed by atoms with E-state index in [4.69, 9.17) is 0 Å². The molecule has 0 aromatic heterocycles. The van der Waals surface area contributed by atoms with Crippen molar-refractivity contribution in [1.82, 2.24) is 0 Å². The predicted molar refractivity (Wildman–Crippen MR) is 70.5 cm³/mol. The Labute approximate surface area is 106 Å². The second kappa shape index (κ2) is 4.73. The van der Waals surface area contributed by atoms with Crippen LogP contribution in [0.5, 0.6) is 0 Å². The van der Waals surface area contributed by atoms with Gasteiger partial charge in [-0.1, -0.05) is 29.8 Å². The van der Waals surface area contributed by atoms with Crippen LogP contribution >= 0.6 is 0 Å². The molecule has 1 nitrogen and oxygen atoms in total. The first-order valence-corrected chi connectivity index (χ1v) is 5.88. The first-order valence-electron chi connectivity index (χ1n) is 5.88. The summed E-state index contributed by atoms with van der Waals surface area (Å²) < 4.78 is 13.7. The van der Waals surface area contributed by atoms with Crippen LogP contribution in [0.25, 0.3) is 0 Å². The molecule has 18 heavy (non-hydrogen) atoms. The van der Waals surface area contributed by atoms with Crippen LogP contribution in [0.15, 0.2) is 36.4 Å². The highest BCUT2D eigenvalue weighted by Gasteiger charge is 2.16. The van der Waals surface area contributed by atoms with E-state index in [0.717, 1.165) is 16.7 Å². The summed E-state index contributed by atoms with van der Waals surface area (Å²) >= 11 is 0. The third kappa shape index (κ3) is 2.19. The highest BCUT2D eigenvalue weighted by atomic mass is 19.1. The molecule has 0 unspecified atom stereocenters. The molecule has 0 radical (unpaired) electrons. The lowest BCUT2D eigenvalue weighted by molar-refractivity contribution is 0.103. The smallest absolute Gasteiger partial charge is 0.196 e. The van der Waals surface area contributed by atoms with Crippen LogP contribution < -0.4 is 0 Å². The lowest BCUT2D eigenvalue weighted by Gasteiger charge is -2.09. The fraction of sp³-hybridized carbons (Fsp3) is 0.188. The fourth-order valence-corrected chi connectivity index (χ4v) is 1.96. The minimum atomic E-state index is -0.466. The molecule has 0 N–H and O–H groups in total. The Hall–Kier alpha value is -1.96. The monoisotopic (exact) mass is 242 g/mol. The quantitative estimate of drug-likeness (QED) is 0.728. The van der Waals surface area contributed by atoms with Gasteiger partial charge in [0, 0.05) is 5.56 Å². The number of aryl methyl sites for hydroxylation is 2. The molecule has 0 fully saturated rings. The highest BCUT2D eigenvalue weighted by molar-refractivity contribution is 6.10. The van der Waals surface area contributed by atoms with Crippen molar-refractivity contribution in [3.05, 3.63) is 70.0 Å². The fourth-order valence-electron chi connectivity index (χ4n) is 1.96. The molecular weight excluding hydrogens is 227 g/mol. The minimum absolute atomic E-state index is 0.142. The first-order chi connectivity index (χ1) is 8.50. The Bertz CT molecular complexity index is 610. The van der Waals surface area contributed by atoms with Gasteiger partial charge in [-0.3, -0.25) is 4.79 Å². The van der Waals surface area contributed by atoms with Gasteiger partial charge < -0.3 is 0 Å². The average molecular weight is 242 g/mol. The predicted octanol–water partition coefficient (Wildman–Crippen LogP) is 3.98. The Morgan fingerprint density at radius 2 is 1.72 bits per heavy atom. The van der Waals surface area contributed by atoms with Crippen molar-refractivity contribution >= 4 is 5.78 Å². The molecule has 92 valence electrons. The van der Waals surface area contributed by atoms with Gasteiger partial charge in [0.1, 0.15) is 5.82 Å². The minimum Gasteiger partial charge on any atom is -0.288 e. The van der Waals surface area contributed by atoms with Gasteiger partial charge in [0.05, 0.1) is 5.56 Å². The molecular formula is C16H15FO. The van der Waals surface area contributed by atoms with E-state index >= 15 is 0 Å². The molecule has 0 bridgehead atoms. The van der Waals surface area contributed by atoms with Gasteiger partial charge >= 0.3 is 0 Å². The molecule has 2 aromatic rings. The molecule has 0 aliphatic heterocycles. The summed E-state index contributed by atoms with van der Waals surface area (Å²) in [7, 11) is 0. The van der Waals surface area contributed by atoms with Crippen LogP contribution in [-0.4, -0.2) is 5.78 Å². The standard InChI is InChI=1S/C16H15FO/c1-10-7-8-15(17)14(9-10)16(18)13-6-4-5-11(2)12(13)3/h4-9H,1-3H3. The zero-order chi connectivity index (χ0) is 13.3. The van der Waals surface area contributed by atoms with Crippen LogP contribution in [0.2, 0.25) is 0 Å². The van der Waals surface area contributed by atoms with Crippen molar-refractivity contribution < 1.29 is 9.18 Å². The summed E-state index contributed by atoms with van der Waals surface area (Å²) in [5, 5.41) is 0. The maximum absolute atomic E-state index is 13.7. The number of halogens is 1. The van der Waals surface area contributed by atoms with Crippen molar-refractivity contribution in [2.45, 2.75) is 20.8 Å². The number of hydrogen-bond acceptors (Lipinski definition) is 1. The van der Waals surface area contributed by atoms with E-state index in [0.29, 0.717) is 5.56 Å². The number of benzene rings is 2. The number of hydrogen-bond donors (Lipinski definition) is 0. The number of carbonyl (C=O) groups is 1. The van der Waals surface area contributed by atoms with Crippen LogP contribution in [0.1, 0.15) is 32.6 Å². The second-order valence-corrected chi connectivity index (χ2v) is 4.56. The van der Waals surface area contributed by atoms with E-state index in [2.05, 4.69) is 0 Å². The number of rotatable bonds is 2. The van der Waals surface area contributed by atoms with Gasteiger partial charge in [-0.2, -0.15) is 0 Å². The van der Waals surface area contributed by atoms with Crippen molar-refractivity contribution in [2.24, 2.45) is 0 Å². The third-order valence-corrected chi connectivity index (χ3v) is 3.22. The van der Waals surface area contributed by atoms with Crippen LogP contribution in [0.3, 0.4) is 0 Å². The van der Waals surface area contributed by atoms with E-state index in [-0.39, 0.29) is 11.3 Å². The molecule has 0 atom stereocenters. The first kappa shape index (κ1) is 12.5. The molecule has 2 heteroatoms. The van der Waals surface area contributed by atoms with E-state index in [1.807, 2.05) is 32.9 Å². The molecule has 0 aliphatic carbocycles. The lowest BCUT2D eigenvalue weighted by Crippen LogP contribution is -2.07. The van der Waals surface area contributed by atoms with Crippen molar-refractivity contribution in [3.63, 3.8) is 0 Å². The average Bonchev–Trinajstić information content (AvgIpc) is 2.35. The number of carbonyl (C=O) groups excluding carboxylic acids is 1. The van der Waals surface area contributed by atoms with Crippen LogP contribution in [-0.2, 0) is 0 Å². The van der Waals surface area contributed by atoms with Gasteiger partial charge in [0.15, 0.2) is 5.78 Å². The lowest BCUT2D eigenvalue weighted by atomic mass is 9.95.